The van der Waals surface area contributed by atoms with E-state index in [4.69, 9.17) is 9.47 Å². The molecule has 27 heavy (non-hydrogen) atoms. The molecule has 2 aromatic rings. The number of carbonyl (C=O) groups excluding carboxylic acids is 2. The van der Waals surface area contributed by atoms with E-state index >= 15 is 0 Å². The van der Waals surface area contributed by atoms with E-state index in [-0.39, 0.29) is 24.7 Å². The van der Waals surface area contributed by atoms with Crippen molar-refractivity contribution in [1.29, 1.82) is 0 Å². The number of pyridine rings is 1. The molecule has 1 aromatic heterocycles. The van der Waals surface area contributed by atoms with Gasteiger partial charge in [0.15, 0.2) is 11.5 Å². The summed E-state index contributed by atoms with van der Waals surface area (Å²) in [5, 5.41) is 6.61. The number of hydrogen-bond donors (Lipinski definition) is 2. The van der Waals surface area contributed by atoms with Crippen molar-refractivity contribution in [2.75, 3.05) is 19.5 Å². The molecule has 0 aliphatic carbocycles. The number of anilines is 1. The van der Waals surface area contributed by atoms with E-state index in [2.05, 4.69) is 20.8 Å². The molecule has 1 heterocycles. The molecule has 0 saturated heterocycles. The van der Waals surface area contributed by atoms with Gasteiger partial charge in [0.1, 0.15) is 5.82 Å². The fourth-order valence-electron chi connectivity index (χ4n) is 2.27. The maximum atomic E-state index is 12.0. The van der Waals surface area contributed by atoms with Gasteiger partial charge in [0.25, 0.3) is 0 Å². The van der Waals surface area contributed by atoms with Crippen LogP contribution in [0.1, 0.15) is 18.9 Å². The highest BCUT2D eigenvalue weighted by atomic mass is 16.5. The summed E-state index contributed by atoms with van der Waals surface area (Å²) >= 11 is 0. The summed E-state index contributed by atoms with van der Waals surface area (Å²) < 4.78 is 10.4. The first kappa shape index (κ1) is 19.9. The van der Waals surface area contributed by atoms with Gasteiger partial charge in [0.2, 0.25) is 11.8 Å². The maximum absolute atomic E-state index is 12.0. The lowest BCUT2D eigenvalue weighted by Gasteiger charge is -2.09. The molecule has 0 fully saturated rings. The second-order valence-electron chi connectivity index (χ2n) is 5.69. The van der Waals surface area contributed by atoms with E-state index in [1.54, 1.807) is 56.6 Å². The molecule has 0 unspecified atom stereocenters. The second-order valence-corrected chi connectivity index (χ2v) is 5.69. The molecule has 0 saturated carbocycles. The number of aromatic nitrogens is 1. The number of nitrogens with zero attached hydrogens (tertiary/aromatic N) is 2. The molecule has 2 amide bonds. The van der Waals surface area contributed by atoms with Crippen LogP contribution in [0.2, 0.25) is 0 Å². The summed E-state index contributed by atoms with van der Waals surface area (Å²) in [5.74, 6) is 1.05. The van der Waals surface area contributed by atoms with Crippen molar-refractivity contribution in [3.8, 4) is 11.5 Å². The Labute approximate surface area is 157 Å². The number of benzene rings is 1. The van der Waals surface area contributed by atoms with Crippen LogP contribution in [-0.2, 0) is 16.0 Å². The summed E-state index contributed by atoms with van der Waals surface area (Å²) in [7, 11) is 3.08. The molecule has 0 bridgehead atoms. The zero-order chi connectivity index (χ0) is 19.6. The Bertz CT molecular complexity index is 822. The Morgan fingerprint density at radius 2 is 1.85 bits per heavy atom. The van der Waals surface area contributed by atoms with Crippen molar-refractivity contribution in [2.24, 2.45) is 5.10 Å². The molecule has 0 radical (unpaired) electrons. The monoisotopic (exact) mass is 370 g/mol. The van der Waals surface area contributed by atoms with E-state index in [0.29, 0.717) is 23.0 Å². The molecular weight excluding hydrogens is 348 g/mol. The van der Waals surface area contributed by atoms with E-state index in [1.807, 2.05) is 0 Å². The van der Waals surface area contributed by atoms with Crippen molar-refractivity contribution in [2.45, 2.75) is 19.8 Å². The minimum absolute atomic E-state index is 0.0488. The number of nitrogens with one attached hydrogen (secondary N) is 2. The summed E-state index contributed by atoms with van der Waals surface area (Å²) in [6, 6.07) is 10.5. The summed E-state index contributed by atoms with van der Waals surface area (Å²) in [5.41, 5.74) is 3.68. The smallest absolute Gasteiger partial charge is 0.244 e. The van der Waals surface area contributed by atoms with Crippen LogP contribution in [-0.4, -0.2) is 36.7 Å². The third kappa shape index (κ3) is 6.43. The molecule has 8 nitrogen and oxygen atoms in total. The molecule has 0 aliphatic heterocycles. The van der Waals surface area contributed by atoms with Gasteiger partial charge in [-0.1, -0.05) is 12.1 Å². The molecular formula is C19H22N4O4. The van der Waals surface area contributed by atoms with Gasteiger partial charge in [-0.3, -0.25) is 9.59 Å². The van der Waals surface area contributed by atoms with E-state index in [9.17, 15) is 9.59 Å². The lowest BCUT2D eigenvalue weighted by Crippen LogP contribution is -2.23. The first-order chi connectivity index (χ1) is 13.0. The number of ether oxygens (including phenoxy) is 2. The van der Waals surface area contributed by atoms with Gasteiger partial charge in [-0.2, -0.15) is 5.10 Å². The van der Waals surface area contributed by atoms with Crippen LogP contribution in [0.4, 0.5) is 5.82 Å². The molecule has 8 heteroatoms. The van der Waals surface area contributed by atoms with Crippen LogP contribution in [0.5, 0.6) is 11.5 Å². The Morgan fingerprint density at radius 1 is 1.07 bits per heavy atom. The van der Waals surface area contributed by atoms with Crippen molar-refractivity contribution < 1.29 is 19.1 Å². The number of amides is 2. The normalized spacial score (nSPS) is 10.9. The molecule has 2 rings (SSSR count). The first-order valence-electron chi connectivity index (χ1n) is 8.25. The standard InChI is InChI=1S/C19H22N4O4/c1-13(10-18(24)21-17-6-4-5-9-20-17)22-23-19(25)12-14-7-8-15(26-2)16(11-14)27-3/h4-9,11H,10,12H2,1-3H3,(H,23,25)(H,20,21,24). The van der Waals surface area contributed by atoms with Crippen LogP contribution in [0, 0.1) is 0 Å². The Hall–Kier alpha value is -3.42. The minimum Gasteiger partial charge on any atom is -0.493 e. The number of hydrogen-bond acceptors (Lipinski definition) is 6. The zero-order valence-electron chi connectivity index (χ0n) is 15.5. The Kier molecular flexibility index (Phi) is 7.30. The first-order valence-corrected chi connectivity index (χ1v) is 8.25. The van der Waals surface area contributed by atoms with Crippen molar-refractivity contribution in [3.05, 3.63) is 48.2 Å². The Balaban J connectivity index is 1.85. The number of rotatable bonds is 8. The number of hydrazone groups is 1. The van der Waals surface area contributed by atoms with Gasteiger partial charge < -0.3 is 14.8 Å². The molecule has 2 N–H and O–H groups in total. The van der Waals surface area contributed by atoms with E-state index < -0.39 is 0 Å². The fourth-order valence-corrected chi connectivity index (χ4v) is 2.27. The van der Waals surface area contributed by atoms with Crippen LogP contribution in [0.3, 0.4) is 0 Å². The van der Waals surface area contributed by atoms with Crippen LogP contribution < -0.4 is 20.2 Å². The average Bonchev–Trinajstić information content (AvgIpc) is 2.67. The van der Waals surface area contributed by atoms with Gasteiger partial charge in [0, 0.05) is 11.9 Å². The zero-order valence-corrected chi connectivity index (χ0v) is 15.5. The summed E-state index contributed by atoms with van der Waals surface area (Å²) in [4.78, 5) is 28.0. The van der Waals surface area contributed by atoms with Crippen LogP contribution in [0.25, 0.3) is 0 Å². The topological polar surface area (TPSA) is 102 Å². The third-order valence-corrected chi connectivity index (χ3v) is 3.53. The highest BCUT2D eigenvalue weighted by Gasteiger charge is 2.09. The Morgan fingerprint density at radius 3 is 2.52 bits per heavy atom. The average molecular weight is 370 g/mol. The van der Waals surface area contributed by atoms with Crippen molar-refractivity contribution in [3.63, 3.8) is 0 Å². The van der Waals surface area contributed by atoms with E-state index in [0.717, 1.165) is 5.56 Å². The van der Waals surface area contributed by atoms with Gasteiger partial charge in [-0.25, -0.2) is 10.4 Å². The molecule has 0 atom stereocenters. The predicted octanol–water partition coefficient (Wildman–Crippen LogP) is 2.16. The molecule has 1 aromatic carbocycles. The lowest BCUT2D eigenvalue weighted by molar-refractivity contribution is -0.120. The van der Waals surface area contributed by atoms with Gasteiger partial charge in [-0.15, -0.1) is 0 Å². The van der Waals surface area contributed by atoms with Gasteiger partial charge in [-0.05, 0) is 36.8 Å². The minimum atomic E-state index is -0.299. The predicted molar refractivity (Wildman–Crippen MR) is 102 cm³/mol. The van der Waals surface area contributed by atoms with Crippen molar-refractivity contribution in [1.82, 2.24) is 10.4 Å². The fraction of sp³-hybridized carbons (Fsp3) is 0.263. The van der Waals surface area contributed by atoms with Gasteiger partial charge in [0.05, 0.1) is 27.1 Å². The molecule has 0 aliphatic rings. The highest BCUT2D eigenvalue weighted by Crippen LogP contribution is 2.27. The summed E-state index contributed by atoms with van der Waals surface area (Å²) in [6.45, 7) is 1.66. The SMILES string of the molecule is COc1ccc(CC(=O)NN=C(C)CC(=O)Nc2ccccn2)cc1OC. The van der Waals surface area contributed by atoms with Crippen LogP contribution in [0.15, 0.2) is 47.7 Å². The van der Waals surface area contributed by atoms with Crippen molar-refractivity contribution >= 4 is 23.3 Å². The van der Waals surface area contributed by atoms with Gasteiger partial charge >= 0.3 is 0 Å². The number of methoxy groups -OCH3 is 2. The second kappa shape index (κ2) is 9.91. The van der Waals surface area contributed by atoms with Crippen LogP contribution >= 0.6 is 0 Å². The van der Waals surface area contributed by atoms with E-state index in [1.165, 1.54) is 7.11 Å². The maximum Gasteiger partial charge on any atom is 0.244 e. The molecule has 0 spiro atoms. The lowest BCUT2D eigenvalue weighted by atomic mass is 10.1. The quantitative estimate of drug-likeness (QED) is 0.548. The number of carbonyl (C=O) groups is 2. The largest absolute Gasteiger partial charge is 0.493 e. The molecule has 142 valence electrons. The summed E-state index contributed by atoms with van der Waals surface area (Å²) in [6.07, 6.45) is 1.76. The third-order valence-electron chi connectivity index (χ3n) is 3.53. The highest BCUT2D eigenvalue weighted by molar-refractivity contribution is 6.05.